The van der Waals surface area contributed by atoms with E-state index in [0.29, 0.717) is 18.0 Å². The summed E-state index contributed by atoms with van der Waals surface area (Å²) in [5.74, 6) is 1.26. The van der Waals surface area contributed by atoms with Gasteiger partial charge in [-0.1, -0.05) is 0 Å². The molecule has 0 aromatic heterocycles. The summed E-state index contributed by atoms with van der Waals surface area (Å²) in [7, 11) is -0.874. The van der Waals surface area contributed by atoms with Gasteiger partial charge in [-0.25, -0.2) is 0 Å². The van der Waals surface area contributed by atoms with Crippen LogP contribution in [0.1, 0.15) is 12.5 Å². The van der Waals surface area contributed by atoms with Gasteiger partial charge in [-0.2, -0.15) is 0 Å². The molecule has 2 N–H and O–H groups in total. The molecule has 0 aliphatic rings. The van der Waals surface area contributed by atoms with Crippen molar-refractivity contribution in [3.63, 3.8) is 0 Å². The molecule has 14 heavy (non-hydrogen) atoms. The van der Waals surface area contributed by atoms with E-state index in [9.17, 15) is 4.21 Å². The standard InChI is InChI=1S/C10H15NO2S/c1-3-13-10-5-4-9(11)6-8(10)7-14(2)12/h4-6H,3,7,11H2,1-2H3. The molecule has 0 heterocycles. The molecule has 0 spiro atoms. The van der Waals surface area contributed by atoms with Crippen molar-refractivity contribution < 1.29 is 8.95 Å². The van der Waals surface area contributed by atoms with Crippen LogP contribution in [0.15, 0.2) is 18.2 Å². The smallest absolute Gasteiger partial charge is 0.123 e. The molecule has 1 aromatic carbocycles. The van der Waals surface area contributed by atoms with Gasteiger partial charge in [0.25, 0.3) is 0 Å². The van der Waals surface area contributed by atoms with E-state index in [1.165, 1.54) is 0 Å². The lowest BCUT2D eigenvalue weighted by Gasteiger charge is -2.09. The summed E-state index contributed by atoms with van der Waals surface area (Å²) in [6.07, 6.45) is 1.67. The van der Waals surface area contributed by atoms with Crippen LogP contribution in [0.3, 0.4) is 0 Å². The first-order valence-electron chi connectivity index (χ1n) is 4.44. The van der Waals surface area contributed by atoms with Crippen LogP contribution in [0.5, 0.6) is 5.75 Å². The van der Waals surface area contributed by atoms with Gasteiger partial charge in [-0.15, -0.1) is 0 Å². The van der Waals surface area contributed by atoms with E-state index in [-0.39, 0.29) is 0 Å². The molecule has 1 unspecified atom stereocenters. The molecule has 0 fully saturated rings. The summed E-state index contributed by atoms with van der Waals surface area (Å²) in [6, 6.07) is 5.42. The Hall–Kier alpha value is -1.03. The van der Waals surface area contributed by atoms with Crippen molar-refractivity contribution in [2.24, 2.45) is 0 Å². The first-order valence-corrected chi connectivity index (χ1v) is 6.17. The molecular weight excluding hydrogens is 198 g/mol. The molecule has 3 nitrogen and oxygen atoms in total. The Bertz CT molecular complexity index is 339. The van der Waals surface area contributed by atoms with Crippen LogP contribution in [0.4, 0.5) is 5.69 Å². The topological polar surface area (TPSA) is 52.3 Å². The minimum Gasteiger partial charge on any atom is -0.494 e. The summed E-state index contributed by atoms with van der Waals surface area (Å²) < 4.78 is 16.5. The lowest BCUT2D eigenvalue weighted by Crippen LogP contribution is -2.00. The molecule has 0 saturated carbocycles. The van der Waals surface area contributed by atoms with E-state index in [4.69, 9.17) is 10.5 Å². The number of anilines is 1. The summed E-state index contributed by atoms with van der Waals surface area (Å²) in [4.78, 5) is 0. The van der Waals surface area contributed by atoms with Crippen molar-refractivity contribution in [1.29, 1.82) is 0 Å². The zero-order valence-electron chi connectivity index (χ0n) is 8.45. The van der Waals surface area contributed by atoms with Crippen LogP contribution in [0, 0.1) is 0 Å². The first kappa shape index (κ1) is 11.0. The summed E-state index contributed by atoms with van der Waals surface area (Å²) in [5, 5.41) is 0. The zero-order valence-corrected chi connectivity index (χ0v) is 9.26. The molecule has 0 aliphatic heterocycles. The molecule has 0 saturated heterocycles. The summed E-state index contributed by atoms with van der Waals surface area (Å²) in [5.41, 5.74) is 7.23. The number of nitrogen functional groups attached to an aromatic ring is 1. The van der Waals surface area contributed by atoms with Gasteiger partial charge < -0.3 is 10.5 Å². The second kappa shape index (κ2) is 5.00. The number of rotatable bonds is 4. The fourth-order valence-corrected chi connectivity index (χ4v) is 1.89. The highest BCUT2D eigenvalue weighted by Gasteiger charge is 2.05. The maximum atomic E-state index is 11.1. The minimum absolute atomic E-state index is 0.486. The Labute approximate surface area is 86.7 Å². The summed E-state index contributed by atoms with van der Waals surface area (Å²) >= 11 is 0. The van der Waals surface area contributed by atoms with Crippen LogP contribution in [-0.4, -0.2) is 17.1 Å². The van der Waals surface area contributed by atoms with Crippen LogP contribution in [0.25, 0.3) is 0 Å². The molecule has 4 heteroatoms. The van der Waals surface area contributed by atoms with E-state index in [2.05, 4.69) is 0 Å². The van der Waals surface area contributed by atoms with Crippen LogP contribution >= 0.6 is 0 Å². The van der Waals surface area contributed by atoms with Crippen LogP contribution in [-0.2, 0) is 16.6 Å². The Morgan fingerprint density at radius 3 is 2.79 bits per heavy atom. The quantitative estimate of drug-likeness (QED) is 0.772. The van der Waals surface area contributed by atoms with Gasteiger partial charge in [-0.05, 0) is 25.1 Å². The van der Waals surface area contributed by atoms with E-state index in [1.54, 1.807) is 12.3 Å². The van der Waals surface area contributed by atoms with Crippen molar-refractivity contribution in [2.45, 2.75) is 12.7 Å². The predicted molar refractivity (Wildman–Crippen MR) is 59.8 cm³/mol. The zero-order chi connectivity index (χ0) is 10.6. The van der Waals surface area contributed by atoms with Gasteiger partial charge in [0.15, 0.2) is 0 Å². The highest BCUT2D eigenvalue weighted by Crippen LogP contribution is 2.22. The first-order chi connectivity index (χ1) is 6.63. The van der Waals surface area contributed by atoms with E-state index in [1.807, 2.05) is 19.1 Å². The van der Waals surface area contributed by atoms with Crippen molar-refractivity contribution in [2.75, 3.05) is 18.6 Å². The van der Waals surface area contributed by atoms with Crippen molar-refractivity contribution >= 4 is 16.5 Å². The molecule has 0 radical (unpaired) electrons. The largest absolute Gasteiger partial charge is 0.494 e. The monoisotopic (exact) mass is 213 g/mol. The van der Waals surface area contributed by atoms with E-state index in [0.717, 1.165) is 11.3 Å². The molecule has 0 aliphatic carbocycles. The summed E-state index contributed by atoms with van der Waals surface area (Å²) in [6.45, 7) is 2.52. The van der Waals surface area contributed by atoms with Crippen LogP contribution in [0.2, 0.25) is 0 Å². The highest BCUT2D eigenvalue weighted by atomic mass is 32.2. The number of hydrogen-bond donors (Lipinski definition) is 1. The average Bonchev–Trinajstić information content (AvgIpc) is 2.09. The fourth-order valence-electron chi connectivity index (χ4n) is 1.23. The molecule has 1 aromatic rings. The number of benzene rings is 1. The molecule has 1 rings (SSSR count). The molecule has 0 bridgehead atoms. The highest BCUT2D eigenvalue weighted by molar-refractivity contribution is 7.83. The lowest BCUT2D eigenvalue weighted by molar-refractivity contribution is 0.337. The van der Waals surface area contributed by atoms with Gasteiger partial charge >= 0.3 is 0 Å². The molecule has 0 amide bonds. The maximum absolute atomic E-state index is 11.1. The van der Waals surface area contributed by atoms with Crippen LogP contribution < -0.4 is 10.5 Å². The van der Waals surface area contributed by atoms with Gasteiger partial charge in [0, 0.05) is 28.3 Å². The third-order valence-corrected chi connectivity index (χ3v) is 2.46. The van der Waals surface area contributed by atoms with Gasteiger partial charge in [0.1, 0.15) is 5.75 Å². The van der Waals surface area contributed by atoms with Gasteiger partial charge in [-0.3, -0.25) is 4.21 Å². The van der Waals surface area contributed by atoms with E-state index >= 15 is 0 Å². The maximum Gasteiger partial charge on any atom is 0.123 e. The Morgan fingerprint density at radius 2 is 2.21 bits per heavy atom. The van der Waals surface area contributed by atoms with Gasteiger partial charge in [0.05, 0.1) is 12.4 Å². The third kappa shape index (κ3) is 3.03. The minimum atomic E-state index is -0.874. The number of hydrogen-bond acceptors (Lipinski definition) is 3. The van der Waals surface area contributed by atoms with Gasteiger partial charge in [0.2, 0.25) is 0 Å². The number of ether oxygens (including phenoxy) is 1. The molecule has 1 atom stereocenters. The van der Waals surface area contributed by atoms with Crippen molar-refractivity contribution in [3.05, 3.63) is 23.8 Å². The Morgan fingerprint density at radius 1 is 1.50 bits per heavy atom. The lowest BCUT2D eigenvalue weighted by atomic mass is 10.2. The van der Waals surface area contributed by atoms with Crippen molar-refractivity contribution in [1.82, 2.24) is 0 Å². The SMILES string of the molecule is CCOc1ccc(N)cc1CS(C)=O. The average molecular weight is 213 g/mol. The third-order valence-electron chi connectivity index (χ3n) is 1.74. The fraction of sp³-hybridized carbons (Fsp3) is 0.400. The second-order valence-corrected chi connectivity index (χ2v) is 4.45. The molecular formula is C10H15NO2S. The number of nitrogens with two attached hydrogens (primary N) is 1. The second-order valence-electron chi connectivity index (χ2n) is 3.02. The Kier molecular flexibility index (Phi) is 3.95. The predicted octanol–water partition coefficient (Wildman–Crippen LogP) is 1.55. The normalized spacial score (nSPS) is 12.4. The van der Waals surface area contributed by atoms with Crippen molar-refractivity contribution in [3.8, 4) is 5.75 Å². The van der Waals surface area contributed by atoms with E-state index < -0.39 is 10.8 Å². The Balaban J connectivity index is 2.96. The molecule has 78 valence electrons.